The summed E-state index contributed by atoms with van der Waals surface area (Å²) in [5, 5.41) is 12.7. The smallest absolute Gasteiger partial charge is 0.872 e. The van der Waals surface area contributed by atoms with Crippen molar-refractivity contribution in [2.45, 2.75) is 78.6 Å². The van der Waals surface area contributed by atoms with Crippen molar-refractivity contribution in [3.8, 4) is 5.75 Å². The molecule has 0 atom stereocenters. The molecule has 1 nitrogen and oxygen atoms in total. The van der Waals surface area contributed by atoms with Crippen LogP contribution in [0.4, 0.5) is 0 Å². The molecule has 0 unspecified atom stereocenters. The fourth-order valence-corrected chi connectivity index (χ4v) is 2.18. The van der Waals surface area contributed by atoms with Gasteiger partial charge >= 0.3 is 18.9 Å². The first-order valence-electron chi connectivity index (χ1n) is 7.11. The van der Waals surface area contributed by atoms with Crippen LogP contribution in [0.2, 0.25) is 0 Å². The number of hydrogen-bond acceptors (Lipinski definition) is 1. The van der Waals surface area contributed by atoms with Gasteiger partial charge in [0.15, 0.2) is 0 Å². The first kappa shape index (κ1) is 19.6. The molecule has 0 aliphatic heterocycles. The molecular formula is C18H29LiO. The third-order valence-corrected chi connectivity index (χ3v) is 3.57. The number of benzene rings is 1. The predicted molar refractivity (Wildman–Crippen MR) is 82.0 cm³/mol. The molecule has 0 saturated carbocycles. The Hall–Kier alpha value is -0.383. The summed E-state index contributed by atoms with van der Waals surface area (Å²) in [4.78, 5) is 0. The maximum Gasteiger partial charge on any atom is 1.00 e. The molecule has 0 saturated heterocycles. The molecule has 20 heavy (non-hydrogen) atoms. The maximum absolute atomic E-state index is 12.7. The van der Waals surface area contributed by atoms with Crippen molar-refractivity contribution in [1.82, 2.24) is 0 Å². The molecule has 1 aromatic carbocycles. The minimum absolute atomic E-state index is 0. The fraction of sp³-hybridized carbons (Fsp3) is 0.667. The number of rotatable bonds is 0. The van der Waals surface area contributed by atoms with Gasteiger partial charge in [-0.05, 0) is 32.9 Å². The predicted octanol–water partition coefficient (Wildman–Crippen LogP) is 1.66. The van der Waals surface area contributed by atoms with Gasteiger partial charge in [0.25, 0.3) is 0 Å². The average molecular weight is 268 g/mol. The summed E-state index contributed by atoms with van der Waals surface area (Å²) in [6, 6.07) is 4.22. The van der Waals surface area contributed by atoms with Crippen molar-refractivity contribution in [2.24, 2.45) is 0 Å². The van der Waals surface area contributed by atoms with Crippen LogP contribution in [0.3, 0.4) is 0 Å². The van der Waals surface area contributed by atoms with Gasteiger partial charge in [0.2, 0.25) is 0 Å². The van der Waals surface area contributed by atoms with E-state index < -0.39 is 0 Å². The summed E-state index contributed by atoms with van der Waals surface area (Å²) in [6.07, 6.45) is 0. The Morgan fingerprint density at radius 2 is 0.950 bits per heavy atom. The molecule has 2 heteroatoms. The Morgan fingerprint density at radius 1 is 0.650 bits per heavy atom. The monoisotopic (exact) mass is 268 g/mol. The Bertz CT molecular complexity index is 433. The van der Waals surface area contributed by atoms with Crippen LogP contribution in [-0.4, -0.2) is 0 Å². The molecule has 108 valence electrons. The van der Waals surface area contributed by atoms with Gasteiger partial charge in [-0.2, -0.15) is 0 Å². The van der Waals surface area contributed by atoms with Crippen LogP contribution in [0.15, 0.2) is 12.1 Å². The SMILES string of the molecule is CC(C)(C)c1cc(C(C)(C)C)c([O-])c(C(C)(C)C)c1.[Li+]. The molecule has 0 bridgehead atoms. The molecule has 0 fully saturated rings. The Balaban J connectivity index is 0.00000361. The molecule has 0 heterocycles. The van der Waals surface area contributed by atoms with Crippen molar-refractivity contribution in [2.75, 3.05) is 0 Å². The zero-order valence-corrected chi connectivity index (χ0v) is 15.1. The summed E-state index contributed by atoms with van der Waals surface area (Å²) in [6.45, 7) is 19.3. The third-order valence-electron chi connectivity index (χ3n) is 3.57. The van der Waals surface area contributed by atoms with Gasteiger partial charge in [0.05, 0.1) is 0 Å². The summed E-state index contributed by atoms with van der Waals surface area (Å²) in [7, 11) is 0. The van der Waals surface area contributed by atoms with Crippen LogP contribution in [-0.2, 0) is 16.2 Å². The van der Waals surface area contributed by atoms with Crippen LogP contribution in [0, 0.1) is 0 Å². The normalized spacial score (nSPS) is 13.1. The molecule has 0 aliphatic rings. The van der Waals surface area contributed by atoms with Crippen LogP contribution in [0.1, 0.15) is 79.0 Å². The molecule has 0 spiro atoms. The first-order valence-corrected chi connectivity index (χ1v) is 7.11. The Labute approximate surface area is 137 Å². The minimum atomic E-state index is -0.113. The quantitative estimate of drug-likeness (QED) is 0.656. The fourth-order valence-electron chi connectivity index (χ4n) is 2.18. The molecule has 0 aromatic heterocycles. The molecule has 0 N–H and O–H groups in total. The summed E-state index contributed by atoms with van der Waals surface area (Å²) in [5.41, 5.74) is 2.96. The van der Waals surface area contributed by atoms with E-state index in [-0.39, 0.29) is 40.9 Å². The van der Waals surface area contributed by atoms with Crippen molar-refractivity contribution in [3.63, 3.8) is 0 Å². The van der Waals surface area contributed by atoms with Crippen LogP contribution in [0.5, 0.6) is 5.75 Å². The van der Waals surface area contributed by atoms with Gasteiger partial charge in [0, 0.05) is 0 Å². The van der Waals surface area contributed by atoms with E-state index >= 15 is 0 Å². The molecule has 0 amide bonds. The second kappa shape index (κ2) is 5.78. The molecule has 1 aromatic rings. The summed E-state index contributed by atoms with van der Waals surface area (Å²) < 4.78 is 0. The minimum Gasteiger partial charge on any atom is -0.872 e. The molecule has 0 aliphatic carbocycles. The van der Waals surface area contributed by atoms with Crippen LogP contribution >= 0.6 is 0 Å². The second-order valence-corrected chi connectivity index (χ2v) is 8.65. The largest absolute Gasteiger partial charge is 1.00 e. The van der Waals surface area contributed by atoms with E-state index in [0.717, 1.165) is 11.1 Å². The summed E-state index contributed by atoms with van der Waals surface area (Å²) in [5.74, 6) is 0.216. The van der Waals surface area contributed by atoms with Gasteiger partial charge in [-0.15, -0.1) is 5.75 Å². The Kier molecular flexibility index (Phi) is 5.67. The van der Waals surface area contributed by atoms with E-state index in [2.05, 4.69) is 74.4 Å². The third kappa shape index (κ3) is 4.30. The van der Waals surface area contributed by atoms with Crippen molar-refractivity contribution < 1.29 is 24.0 Å². The van der Waals surface area contributed by atoms with Crippen molar-refractivity contribution >= 4 is 0 Å². The van der Waals surface area contributed by atoms with Crippen LogP contribution < -0.4 is 24.0 Å². The maximum atomic E-state index is 12.7. The van der Waals surface area contributed by atoms with E-state index in [9.17, 15) is 5.11 Å². The van der Waals surface area contributed by atoms with E-state index in [1.807, 2.05) is 0 Å². The molecule has 0 radical (unpaired) electrons. The number of hydrogen-bond donors (Lipinski definition) is 0. The van der Waals surface area contributed by atoms with E-state index in [1.54, 1.807) is 0 Å². The van der Waals surface area contributed by atoms with E-state index in [4.69, 9.17) is 0 Å². The topological polar surface area (TPSA) is 23.1 Å². The molecular weight excluding hydrogens is 239 g/mol. The van der Waals surface area contributed by atoms with Gasteiger partial charge in [0.1, 0.15) is 0 Å². The van der Waals surface area contributed by atoms with E-state index in [0.29, 0.717) is 0 Å². The van der Waals surface area contributed by atoms with Crippen LogP contribution in [0.25, 0.3) is 0 Å². The average Bonchev–Trinajstić information content (AvgIpc) is 2.11. The standard InChI is InChI=1S/C18H30O.Li/c1-16(2,3)12-10-13(17(4,5)6)15(19)14(11-12)18(7,8)9;/h10-11,19H,1-9H3;/q;+1/p-1. The first-order chi connectivity index (χ1) is 8.24. The van der Waals surface area contributed by atoms with Gasteiger partial charge in [-0.3, -0.25) is 0 Å². The van der Waals surface area contributed by atoms with Gasteiger partial charge in [-0.1, -0.05) is 74.4 Å². The van der Waals surface area contributed by atoms with Crippen molar-refractivity contribution in [3.05, 3.63) is 28.8 Å². The summed E-state index contributed by atoms with van der Waals surface area (Å²) >= 11 is 0. The zero-order chi connectivity index (χ0) is 15.2. The van der Waals surface area contributed by atoms with Gasteiger partial charge < -0.3 is 5.11 Å². The molecule has 1 rings (SSSR count). The second-order valence-electron chi connectivity index (χ2n) is 8.65. The van der Waals surface area contributed by atoms with Gasteiger partial charge in [-0.25, -0.2) is 0 Å². The zero-order valence-electron chi connectivity index (χ0n) is 15.1. The van der Waals surface area contributed by atoms with E-state index in [1.165, 1.54) is 5.56 Å². The van der Waals surface area contributed by atoms with Crippen molar-refractivity contribution in [1.29, 1.82) is 0 Å². The Morgan fingerprint density at radius 3 is 1.15 bits per heavy atom.